The van der Waals surface area contributed by atoms with Crippen LogP contribution in [0.5, 0.6) is 0 Å². The first kappa shape index (κ1) is 24.5. The maximum atomic E-state index is 13.0. The summed E-state index contributed by atoms with van der Waals surface area (Å²) in [5, 5.41) is 12.3. The largest absolute Gasteiger partial charge is 0.389 e. The molecule has 2 aromatic heterocycles. The third-order valence-corrected chi connectivity index (χ3v) is 5.03. The van der Waals surface area contributed by atoms with Crippen molar-refractivity contribution in [2.24, 2.45) is 0 Å². The van der Waals surface area contributed by atoms with E-state index in [-0.39, 0.29) is 37.3 Å². The van der Waals surface area contributed by atoms with E-state index in [1.54, 1.807) is 0 Å². The third kappa shape index (κ3) is 6.67. The maximum absolute atomic E-state index is 13.0. The number of nitrogens with one attached hydrogen (secondary N) is 1. The van der Waals surface area contributed by atoms with Crippen LogP contribution in [0.15, 0.2) is 41.5 Å². The maximum Gasteiger partial charge on any atom is 0.389 e. The second-order valence-electron chi connectivity index (χ2n) is 8.80. The fourth-order valence-corrected chi connectivity index (χ4v) is 3.33. The van der Waals surface area contributed by atoms with Gasteiger partial charge in [-0.2, -0.15) is 13.2 Å². The number of aliphatic hydroxyl groups is 1. The van der Waals surface area contributed by atoms with Gasteiger partial charge in [0.05, 0.1) is 17.7 Å². The molecule has 0 saturated carbocycles. The molecule has 0 fully saturated rings. The summed E-state index contributed by atoms with van der Waals surface area (Å²) in [4.78, 5) is 29.9. The molecule has 0 bridgehead atoms. The van der Waals surface area contributed by atoms with Crippen molar-refractivity contribution in [1.29, 1.82) is 0 Å². The number of hydrogen-bond donors (Lipinski definition) is 2. The van der Waals surface area contributed by atoms with Crippen LogP contribution >= 0.6 is 0 Å². The number of rotatable bonds is 8. The molecule has 178 valence electrons. The number of aromatic nitrogens is 3. The van der Waals surface area contributed by atoms with Crippen LogP contribution in [0.2, 0.25) is 0 Å². The van der Waals surface area contributed by atoms with Gasteiger partial charge in [-0.25, -0.2) is 4.98 Å². The second-order valence-corrected chi connectivity index (χ2v) is 8.80. The molecule has 0 aliphatic rings. The van der Waals surface area contributed by atoms with Gasteiger partial charge in [-0.15, -0.1) is 0 Å². The summed E-state index contributed by atoms with van der Waals surface area (Å²) in [6, 6.07) is 7.49. The summed E-state index contributed by atoms with van der Waals surface area (Å²) in [6.45, 7) is 4.98. The zero-order valence-corrected chi connectivity index (χ0v) is 18.7. The minimum absolute atomic E-state index is 0.00347. The van der Waals surface area contributed by atoms with Crippen LogP contribution in [0.3, 0.4) is 0 Å². The number of carbonyl (C=O) groups excluding carboxylic acids is 1. The van der Waals surface area contributed by atoms with Gasteiger partial charge < -0.3 is 15.0 Å². The molecule has 7 nitrogen and oxygen atoms in total. The average molecular weight is 464 g/mol. The van der Waals surface area contributed by atoms with Crippen molar-refractivity contribution in [1.82, 2.24) is 19.3 Å². The van der Waals surface area contributed by atoms with Gasteiger partial charge >= 0.3 is 6.18 Å². The van der Waals surface area contributed by atoms with Crippen molar-refractivity contribution in [3.8, 4) is 11.3 Å². The minimum Gasteiger partial charge on any atom is -0.389 e. The van der Waals surface area contributed by atoms with E-state index in [4.69, 9.17) is 0 Å². The fourth-order valence-electron chi connectivity index (χ4n) is 3.33. The molecule has 1 amide bonds. The molecule has 0 aliphatic heterocycles. The Morgan fingerprint density at radius 3 is 2.42 bits per heavy atom. The van der Waals surface area contributed by atoms with Crippen LogP contribution in [-0.2, 0) is 17.8 Å². The Hall–Kier alpha value is -3.14. The number of alkyl halides is 3. The SMILES string of the molecule is Cc1ccc(-c2cn3c(=O)c(CC(=O)NCC(C)(C)O)cn(CCCC(F)(F)F)c3n2)cc1. The monoisotopic (exact) mass is 464 g/mol. The van der Waals surface area contributed by atoms with E-state index in [9.17, 15) is 27.9 Å². The molecule has 3 rings (SSSR count). The van der Waals surface area contributed by atoms with E-state index >= 15 is 0 Å². The Labute approximate surface area is 188 Å². The molecule has 1 aromatic carbocycles. The molecule has 2 N–H and O–H groups in total. The van der Waals surface area contributed by atoms with Crippen LogP contribution in [0.25, 0.3) is 17.0 Å². The highest BCUT2D eigenvalue weighted by Crippen LogP contribution is 2.23. The lowest BCUT2D eigenvalue weighted by Gasteiger charge is -2.17. The van der Waals surface area contributed by atoms with Gasteiger partial charge in [-0.05, 0) is 27.2 Å². The molecule has 0 radical (unpaired) electrons. The topological polar surface area (TPSA) is 88.6 Å². The quantitative estimate of drug-likeness (QED) is 0.536. The van der Waals surface area contributed by atoms with Gasteiger partial charge in [0.25, 0.3) is 5.56 Å². The second kappa shape index (κ2) is 9.38. The van der Waals surface area contributed by atoms with Crippen molar-refractivity contribution in [3.63, 3.8) is 0 Å². The number of benzene rings is 1. The number of amides is 1. The van der Waals surface area contributed by atoms with Crippen molar-refractivity contribution < 1.29 is 23.1 Å². The molecule has 3 aromatic rings. The van der Waals surface area contributed by atoms with Gasteiger partial charge in [-0.3, -0.25) is 14.0 Å². The number of aryl methyl sites for hydroxylation is 2. The summed E-state index contributed by atoms with van der Waals surface area (Å²) in [5.41, 5.74) is 0.839. The molecule has 0 saturated heterocycles. The van der Waals surface area contributed by atoms with Crippen LogP contribution in [-0.4, -0.2) is 43.3 Å². The number of fused-ring (bicyclic) bond motifs is 1. The lowest BCUT2D eigenvalue weighted by Crippen LogP contribution is -2.39. The van der Waals surface area contributed by atoms with Gasteiger partial charge in [0.15, 0.2) is 0 Å². The molecule has 0 aliphatic carbocycles. The summed E-state index contributed by atoms with van der Waals surface area (Å²) in [6.07, 6.45) is -2.82. The summed E-state index contributed by atoms with van der Waals surface area (Å²) < 4.78 is 40.8. The zero-order chi connectivity index (χ0) is 24.4. The van der Waals surface area contributed by atoms with Crippen LogP contribution < -0.4 is 10.9 Å². The average Bonchev–Trinajstić information content (AvgIpc) is 3.15. The van der Waals surface area contributed by atoms with E-state index in [0.717, 1.165) is 11.1 Å². The first-order chi connectivity index (χ1) is 15.3. The Kier molecular flexibility index (Phi) is 6.97. The highest BCUT2D eigenvalue weighted by atomic mass is 19.4. The van der Waals surface area contributed by atoms with Crippen LogP contribution in [0.1, 0.15) is 37.8 Å². The van der Waals surface area contributed by atoms with Crippen LogP contribution in [0, 0.1) is 6.92 Å². The molecule has 10 heteroatoms. The minimum atomic E-state index is -4.29. The van der Waals surface area contributed by atoms with Gasteiger partial charge in [0, 0.05) is 43.0 Å². The highest BCUT2D eigenvalue weighted by molar-refractivity contribution is 5.78. The molecular weight excluding hydrogens is 437 g/mol. The molecular formula is C23H27F3N4O3. The Bertz CT molecular complexity index is 1190. The molecule has 0 unspecified atom stereocenters. The Balaban J connectivity index is 1.98. The standard InChI is InChI=1S/C23H27F3N4O3/c1-15-5-7-16(8-6-15)18-13-30-20(32)17(11-19(31)27-14-22(2,3)33)12-29(21(30)28-18)10-4-9-23(24,25)26/h5-8,12-13,33H,4,9-11,14H2,1-3H3,(H,27,31). The Morgan fingerprint density at radius 1 is 1.15 bits per heavy atom. The zero-order valence-electron chi connectivity index (χ0n) is 18.7. The van der Waals surface area contributed by atoms with Crippen molar-refractivity contribution in [2.45, 2.75) is 58.4 Å². The van der Waals surface area contributed by atoms with E-state index in [0.29, 0.717) is 5.69 Å². The number of carbonyl (C=O) groups is 1. The van der Waals surface area contributed by atoms with Gasteiger partial charge in [-0.1, -0.05) is 29.8 Å². The van der Waals surface area contributed by atoms with Crippen LogP contribution in [0.4, 0.5) is 13.2 Å². The van der Waals surface area contributed by atoms with E-state index in [1.807, 2.05) is 31.2 Å². The van der Waals surface area contributed by atoms with Crippen molar-refractivity contribution in [2.75, 3.05) is 6.54 Å². The number of halogens is 3. The van der Waals surface area contributed by atoms with Gasteiger partial charge in [0.2, 0.25) is 11.7 Å². The molecule has 0 atom stereocenters. The predicted octanol–water partition coefficient (Wildman–Crippen LogP) is 3.24. The predicted molar refractivity (Wildman–Crippen MR) is 118 cm³/mol. The molecule has 0 spiro atoms. The lowest BCUT2D eigenvalue weighted by molar-refractivity contribution is -0.135. The first-order valence-electron chi connectivity index (χ1n) is 10.6. The lowest BCUT2D eigenvalue weighted by atomic mass is 10.1. The molecule has 2 heterocycles. The van der Waals surface area contributed by atoms with Gasteiger partial charge in [0.1, 0.15) is 0 Å². The smallest absolute Gasteiger partial charge is 0.389 e. The summed E-state index contributed by atoms with van der Waals surface area (Å²) >= 11 is 0. The first-order valence-corrected chi connectivity index (χ1v) is 10.6. The Morgan fingerprint density at radius 2 is 1.82 bits per heavy atom. The summed E-state index contributed by atoms with van der Waals surface area (Å²) in [5.74, 6) is -0.271. The number of imidazole rings is 1. The number of hydrogen-bond acceptors (Lipinski definition) is 4. The van der Waals surface area contributed by atoms with E-state index < -0.39 is 29.7 Å². The molecule has 33 heavy (non-hydrogen) atoms. The third-order valence-electron chi connectivity index (χ3n) is 5.03. The summed E-state index contributed by atoms with van der Waals surface area (Å²) in [7, 11) is 0. The number of nitrogens with zero attached hydrogens (tertiary/aromatic N) is 3. The fraction of sp³-hybridized carbons (Fsp3) is 0.435. The van der Waals surface area contributed by atoms with Crippen molar-refractivity contribution >= 4 is 11.7 Å². The van der Waals surface area contributed by atoms with Crippen molar-refractivity contribution in [3.05, 3.63) is 58.1 Å². The normalized spacial score (nSPS) is 12.3. The van der Waals surface area contributed by atoms with E-state index in [1.165, 1.54) is 35.2 Å². The van der Waals surface area contributed by atoms with E-state index in [2.05, 4.69) is 10.3 Å². The highest BCUT2D eigenvalue weighted by Gasteiger charge is 2.26.